The molecular formula is C29H22F3N3O2. The Labute approximate surface area is 211 Å². The van der Waals surface area contributed by atoms with Crippen LogP contribution in [0.25, 0.3) is 16.3 Å². The molecule has 0 aliphatic heterocycles. The summed E-state index contributed by atoms with van der Waals surface area (Å²) in [5.41, 5.74) is 2.44. The minimum absolute atomic E-state index is 0.367. The van der Waals surface area contributed by atoms with E-state index in [0.29, 0.717) is 28.0 Å². The summed E-state index contributed by atoms with van der Waals surface area (Å²) in [6.45, 7) is 1.67. The van der Waals surface area contributed by atoms with Gasteiger partial charge in [0.05, 0.1) is 5.56 Å². The van der Waals surface area contributed by atoms with Crippen molar-refractivity contribution in [2.75, 3.05) is 5.32 Å². The van der Waals surface area contributed by atoms with Gasteiger partial charge >= 0.3 is 6.18 Å². The first kappa shape index (κ1) is 25.5. The molecule has 4 rings (SSSR count). The zero-order valence-electron chi connectivity index (χ0n) is 19.7. The lowest BCUT2D eigenvalue weighted by Gasteiger charge is -2.12. The molecule has 0 saturated heterocycles. The molecular weight excluding hydrogens is 479 g/mol. The second-order valence-corrected chi connectivity index (χ2v) is 8.31. The van der Waals surface area contributed by atoms with Gasteiger partial charge in [0.2, 0.25) is 5.91 Å². The van der Waals surface area contributed by atoms with E-state index >= 15 is 0 Å². The topological polar surface area (TPSA) is 71.4 Å². The molecule has 186 valence electrons. The van der Waals surface area contributed by atoms with Gasteiger partial charge < -0.3 is 5.32 Å². The Balaban J connectivity index is 1.63. The molecule has 8 heteroatoms. The van der Waals surface area contributed by atoms with Crippen molar-refractivity contribution in [1.29, 1.82) is 0 Å². The van der Waals surface area contributed by atoms with Crippen molar-refractivity contribution in [2.45, 2.75) is 19.1 Å². The minimum atomic E-state index is -4.45. The van der Waals surface area contributed by atoms with Gasteiger partial charge in [-0.25, -0.2) is 0 Å². The summed E-state index contributed by atoms with van der Waals surface area (Å²) in [7, 11) is 0. The number of carbonyl (C=O) groups excluding carboxylic acids is 1. The van der Waals surface area contributed by atoms with Crippen LogP contribution in [0.15, 0.2) is 109 Å². The summed E-state index contributed by atoms with van der Waals surface area (Å²) in [5.74, 6) is -0.367. The number of anilines is 1. The summed E-state index contributed by atoms with van der Waals surface area (Å²) in [5, 5.41) is 7.59. The zero-order valence-corrected chi connectivity index (χ0v) is 19.7. The highest BCUT2D eigenvalue weighted by molar-refractivity contribution is 6.06. The lowest BCUT2D eigenvalue weighted by molar-refractivity contribution is -0.137. The molecule has 1 amide bonds. The Morgan fingerprint density at radius 1 is 0.973 bits per heavy atom. The van der Waals surface area contributed by atoms with Gasteiger partial charge in [-0.2, -0.15) is 18.1 Å². The van der Waals surface area contributed by atoms with Crippen molar-refractivity contribution in [3.05, 3.63) is 131 Å². The largest absolute Gasteiger partial charge is 0.416 e. The van der Waals surface area contributed by atoms with E-state index in [4.69, 9.17) is 0 Å². The fourth-order valence-electron chi connectivity index (χ4n) is 3.84. The van der Waals surface area contributed by atoms with E-state index < -0.39 is 17.8 Å². The van der Waals surface area contributed by atoms with Crippen molar-refractivity contribution in [2.24, 2.45) is 5.18 Å². The number of halogens is 3. The molecule has 1 atom stereocenters. The summed E-state index contributed by atoms with van der Waals surface area (Å²) < 4.78 is 39.2. The first-order chi connectivity index (χ1) is 17.8. The maximum atomic E-state index is 13.1. The Bertz CT molecular complexity index is 1470. The van der Waals surface area contributed by atoms with Crippen LogP contribution in [0.1, 0.15) is 35.2 Å². The zero-order chi connectivity index (χ0) is 26.4. The third-order valence-electron chi connectivity index (χ3n) is 5.83. The van der Waals surface area contributed by atoms with E-state index in [1.165, 1.54) is 18.2 Å². The second kappa shape index (κ2) is 11.0. The van der Waals surface area contributed by atoms with Crippen LogP contribution in [0.3, 0.4) is 0 Å². The number of nitroso groups, excluding NO2 is 1. The Hall–Kier alpha value is -4.59. The normalized spacial score (nSPS) is 13.0. The Morgan fingerprint density at radius 2 is 1.65 bits per heavy atom. The van der Waals surface area contributed by atoms with Gasteiger partial charge in [0.15, 0.2) is 0 Å². The molecule has 0 fully saturated rings. The van der Waals surface area contributed by atoms with Crippen LogP contribution in [-0.4, -0.2) is 10.9 Å². The molecule has 0 spiro atoms. The highest BCUT2D eigenvalue weighted by atomic mass is 19.4. The number of hydrogen-bond acceptors (Lipinski definition) is 4. The van der Waals surface area contributed by atoms with Gasteiger partial charge in [-0.15, -0.1) is 0 Å². The number of rotatable bonds is 7. The van der Waals surface area contributed by atoms with E-state index in [2.05, 4.69) is 15.5 Å². The maximum absolute atomic E-state index is 13.1. The van der Waals surface area contributed by atoms with Crippen LogP contribution in [0.5, 0.6) is 0 Å². The molecule has 1 aromatic heterocycles. The Kier molecular flexibility index (Phi) is 7.57. The van der Waals surface area contributed by atoms with Crippen LogP contribution in [0, 0.1) is 4.91 Å². The van der Waals surface area contributed by atoms with Crippen molar-refractivity contribution in [3.8, 4) is 0 Å². The third kappa shape index (κ3) is 6.16. The van der Waals surface area contributed by atoms with Crippen LogP contribution in [-0.2, 0) is 11.0 Å². The number of pyridine rings is 1. The molecule has 0 bridgehead atoms. The third-order valence-corrected chi connectivity index (χ3v) is 5.83. The minimum Gasteiger partial charge on any atom is -0.322 e. The van der Waals surface area contributed by atoms with Crippen LogP contribution in [0.2, 0.25) is 0 Å². The lowest BCUT2D eigenvalue weighted by Crippen LogP contribution is -2.08. The van der Waals surface area contributed by atoms with Gasteiger partial charge in [0.25, 0.3) is 0 Å². The Morgan fingerprint density at radius 3 is 2.30 bits per heavy atom. The second-order valence-electron chi connectivity index (χ2n) is 8.31. The number of nitrogens with zero attached hydrogens (tertiary/aromatic N) is 2. The SMILES string of the molecule is CC(N=O)c1ccc(C(=CC=CC(=O)Nc2cccc3cnccc23)c2ccc(C(F)(F)F)cc2)cc1. The summed E-state index contributed by atoms with van der Waals surface area (Å²) in [4.78, 5) is 27.6. The highest BCUT2D eigenvalue weighted by Crippen LogP contribution is 2.32. The molecule has 1 N–H and O–H groups in total. The number of allylic oxidation sites excluding steroid dienone is 2. The standard InChI is InChI=1S/C29H22F3N3O2/c1-19(35-37)20-8-10-21(11-9-20)25(22-12-14-24(15-13-22)29(30,31)32)5-3-7-28(36)34-27-6-2-4-23-18-33-17-16-26(23)27/h2-19H,1H3,(H,34,36). The number of fused-ring (bicyclic) bond motifs is 1. The average molecular weight is 502 g/mol. The summed E-state index contributed by atoms with van der Waals surface area (Å²) >= 11 is 0. The van der Waals surface area contributed by atoms with Gasteiger partial charge in [0, 0.05) is 34.9 Å². The van der Waals surface area contributed by atoms with E-state index in [9.17, 15) is 22.9 Å². The molecule has 0 aliphatic carbocycles. The smallest absolute Gasteiger partial charge is 0.322 e. The monoisotopic (exact) mass is 501 g/mol. The van der Waals surface area contributed by atoms with Crippen molar-refractivity contribution >= 4 is 27.9 Å². The van der Waals surface area contributed by atoms with Crippen LogP contribution in [0.4, 0.5) is 18.9 Å². The first-order valence-electron chi connectivity index (χ1n) is 11.4. The van der Waals surface area contributed by atoms with Crippen molar-refractivity contribution in [1.82, 2.24) is 4.98 Å². The van der Waals surface area contributed by atoms with E-state index in [-0.39, 0.29) is 5.91 Å². The molecule has 3 aromatic carbocycles. The van der Waals surface area contributed by atoms with Crippen LogP contribution < -0.4 is 5.32 Å². The van der Waals surface area contributed by atoms with E-state index in [1.807, 2.05) is 18.2 Å². The molecule has 37 heavy (non-hydrogen) atoms. The maximum Gasteiger partial charge on any atom is 0.416 e. The molecule has 5 nitrogen and oxygen atoms in total. The molecule has 0 aliphatic rings. The fraction of sp³-hybridized carbons (Fsp3) is 0.103. The lowest BCUT2D eigenvalue weighted by atomic mass is 9.95. The number of aromatic nitrogens is 1. The number of benzene rings is 3. The van der Waals surface area contributed by atoms with Gasteiger partial charge in [-0.05, 0) is 53.5 Å². The van der Waals surface area contributed by atoms with Crippen molar-refractivity contribution in [3.63, 3.8) is 0 Å². The van der Waals surface area contributed by atoms with Gasteiger partial charge in [-0.1, -0.05) is 65.9 Å². The highest BCUT2D eigenvalue weighted by Gasteiger charge is 2.30. The molecule has 1 unspecified atom stereocenters. The number of hydrogen-bond donors (Lipinski definition) is 1. The van der Waals surface area contributed by atoms with Gasteiger partial charge in [0.1, 0.15) is 6.04 Å². The molecule has 1 heterocycles. The molecule has 0 saturated carbocycles. The van der Waals surface area contributed by atoms with Crippen LogP contribution >= 0.6 is 0 Å². The summed E-state index contributed by atoms with van der Waals surface area (Å²) in [6.07, 6.45) is 3.44. The molecule has 4 aromatic rings. The number of nitrogens with one attached hydrogen (secondary N) is 1. The fourth-order valence-corrected chi connectivity index (χ4v) is 3.84. The van der Waals surface area contributed by atoms with Gasteiger partial charge in [-0.3, -0.25) is 9.78 Å². The first-order valence-corrected chi connectivity index (χ1v) is 11.4. The predicted molar refractivity (Wildman–Crippen MR) is 139 cm³/mol. The van der Waals surface area contributed by atoms with E-state index in [1.54, 1.807) is 61.8 Å². The average Bonchev–Trinajstić information content (AvgIpc) is 2.91. The number of alkyl halides is 3. The predicted octanol–water partition coefficient (Wildman–Crippen LogP) is 7.71. The number of amides is 1. The summed E-state index contributed by atoms with van der Waals surface area (Å²) in [6, 6.07) is 18.6. The molecule has 0 radical (unpaired) electrons. The number of carbonyl (C=O) groups is 1. The van der Waals surface area contributed by atoms with Crippen molar-refractivity contribution < 1.29 is 18.0 Å². The quantitative estimate of drug-likeness (QED) is 0.160. The van der Waals surface area contributed by atoms with E-state index in [0.717, 1.165) is 22.9 Å².